The molecule has 2 aliphatic rings. The fraction of sp³-hybridized carbons (Fsp3) is 0.381. The van der Waals surface area contributed by atoms with Crippen LogP contribution in [0.1, 0.15) is 42.0 Å². The van der Waals surface area contributed by atoms with Gasteiger partial charge in [0.15, 0.2) is 5.78 Å². The number of nitrogens with zero attached hydrogens (tertiary/aromatic N) is 2. The molecule has 0 radical (unpaired) electrons. The maximum absolute atomic E-state index is 13.4. The second-order valence-corrected chi connectivity index (χ2v) is 7.90. The first-order valence-electron chi connectivity index (χ1n) is 9.18. The lowest BCUT2D eigenvalue weighted by Gasteiger charge is -2.41. The molecule has 140 valence electrons. The van der Waals surface area contributed by atoms with Crippen molar-refractivity contribution in [2.75, 3.05) is 5.32 Å². The van der Waals surface area contributed by atoms with Gasteiger partial charge in [-0.3, -0.25) is 9.59 Å². The van der Waals surface area contributed by atoms with Gasteiger partial charge in [-0.25, -0.2) is 4.98 Å². The summed E-state index contributed by atoms with van der Waals surface area (Å²) in [5.41, 5.74) is 0.128. The van der Waals surface area contributed by atoms with E-state index in [2.05, 4.69) is 16.9 Å². The topological polar surface area (TPSA) is 84.2 Å². The van der Waals surface area contributed by atoms with Gasteiger partial charge in [0.2, 0.25) is 5.88 Å². The molecule has 3 heterocycles. The number of aromatic hydroxyl groups is 1. The van der Waals surface area contributed by atoms with Gasteiger partial charge < -0.3 is 15.0 Å². The molecule has 2 aliphatic heterocycles. The molecule has 2 N–H and O–H groups in total. The SMILES string of the molecule is C=CC(C)(C)[C@@]1(Cc2nc(O)c3n(c2=O)CCC3)Nc2ccccc2C1=O. The molecule has 27 heavy (non-hydrogen) atoms. The Morgan fingerprint density at radius 1 is 1.37 bits per heavy atom. The number of nitrogens with one attached hydrogen (secondary N) is 1. The Morgan fingerprint density at radius 3 is 2.81 bits per heavy atom. The highest BCUT2D eigenvalue weighted by Crippen LogP contribution is 2.45. The summed E-state index contributed by atoms with van der Waals surface area (Å²) in [5, 5.41) is 13.7. The van der Waals surface area contributed by atoms with Crippen molar-refractivity contribution in [3.8, 4) is 5.88 Å². The fourth-order valence-electron chi connectivity index (χ4n) is 4.18. The lowest BCUT2D eigenvalue weighted by molar-refractivity contribution is 0.0832. The van der Waals surface area contributed by atoms with Crippen LogP contribution in [0.2, 0.25) is 0 Å². The van der Waals surface area contributed by atoms with E-state index in [9.17, 15) is 14.7 Å². The number of carbonyl (C=O) groups excluding carboxylic acids is 1. The molecule has 2 aromatic rings. The van der Waals surface area contributed by atoms with Crippen LogP contribution in [0.15, 0.2) is 41.7 Å². The molecule has 0 aliphatic carbocycles. The van der Waals surface area contributed by atoms with Crippen molar-refractivity contribution < 1.29 is 9.90 Å². The molecule has 0 saturated heterocycles. The van der Waals surface area contributed by atoms with Crippen LogP contribution in [0.4, 0.5) is 5.69 Å². The highest BCUT2D eigenvalue weighted by atomic mass is 16.3. The number of carbonyl (C=O) groups is 1. The Bertz CT molecular complexity index is 1020. The van der Waals surface area contributed by atoms with Gasteiger partial charge in [-0.2, -0.15) is 0 Å². The number of anilines is 1. The van der Waals surface area contributed by atoms with E-state index in [1.165, 1.54) is 0 Å². The van der Waals surface area contributed by atoms with Crippen LogP contribution >= 0.6 is 0 Å². The zero-order valence-corrected chi connectivity index (χ0v) is 15.6. The van der Waals surface area contributed by atoms with Gasteiger partial charge in [0.1, 0.15) is 11.2 Å². The summed E-state index contributed by atoms with van der Waals surface area (Å²) in [7, 11) is 0. The predicted octanol–water partition coefficient (Wildman–Crippen LogP) is 2.70. The number of rotatable bonds is 4. The lowest BCUT2D eigenvalue weighted by Crippen LogP contribution is -2.56. The number of Topliss-reactive ketones (excluding diaryl/α,β-unsaturated/α-hetero) is 1. The standard InChI is InChI=1S/C21H23N3O3/c1-4-20(2,3)21(17(25)13-8-5-6-9-14(13)23-21)12-15-19(27)24-11-7-10-16(24)18(26)22-15/h4-6,8-9,23,26H,1,7,10-12H2,2-3H3/t21-/m0/s1. The number of aromatic nitrogens is 2. The summed E-state index contributed by atoms with van der Waals surface area (Å²) in [6.45, 7) is 8.32. The maximum Gasteiger partial charge on any atom is 0.272 e. The largest absolute Gasteiger partial charge is 0.492 e. The molecule has 4 rings (SSSR count). The zero-order chi connectivity index (χ0) is 19.4. The van der Waals surface area contributed by atoms with Crippen LogP contribution in [-0.4, -0.2) is 26.0 Å². The summed E-state index contributed by atoms with van der Waals surface area (Å²) < 4.78 is 1.58. The second-order valence-electron chi connectivity index (χ2n) is 7.90. The van der Waals surface area contributed by atoms with Gasteiger partial charge in [0, 0.05) is 29.6 Å². The quantitative estimate of drug-likeness (QED) is 0.814. The molecule has 1 aromatic heterocycles. The summed E-state index contributed by atoms with van der Waals surface area (Å²) >= 11 is 0. The number of fused-ring (bicyclic) bond motifs is 2. The Balaban J connectivity index is 1.87. The maximum atomic E-state index is 13.4. The minimum Gasteiger partial charge on any atom is -0.492 e. The molecule has 0 fully saturated rings. The van der Waals surface area contributed by atoms with E-state index in [1.54, 1.807) is 16.7 Å². The van der Waals surface area contributed by atoms with Crippen LogP contribution in [0.3, 0.4) is 0 Å². The van der Waals surface area contributed by atoms with Crippen molar-refractivity contribution in [1.82, 2.24) is 9.55 Å². The third-order valence-electron chi connectivity index (χ3n) is 6.06. The van der Waals surface area contributed by atoms with Gasteiger partial charge in [-0.15, -0.1) is 6.58 Å². The Labute approximate surface area is 157 Å². The van der Waals surface area contributed by atoms with E-state index in [0.29, 0.717) is 24.2 Å². The molecule has 0 bridgehead atoms. The van der Waals surface area contributed by atoms with E-state index < -0.39 is 11.0 Å². The molecular formula is C21H23N3O3. The Kier molecular flexibility index (Phi) is 3.77. The molecule has 0 saturated carbocycles. The molecule has 6 nitrogen and oxygen atoms in total. The molecule has 0 spiro atoms. The zero-order valence-electron chi connectivity index (χ0n) is 15.6. The van der Waals surface area contributed by atoms with Crippen molar-refractivity contribution in [3.63, 3.8) is 0 Å². The first-order valence-corrected chi connectivity index (χ1v) is 9.18. The Hall–Kier alpha value is -2.89. The molecule has 1 aromatic carbocycles. The average molecular weight is 365 g/mol. The summed E-state index contributed by atoms with van der Waals surface area (Å²) in [4.78, 5) is 30.6. The second kappa shape index (κ2) is 5.81. The molecule has 6 heteroatoms. The third kappa shape index (κ3) is 2.36. The predicted molar refractivity (Wildman–Crippen MR) is 103 cm³/mol. The third-order valence-corrected chi connectivity index (χ3v) is 6.06. The molecular weight excluding hydrogens is 342 g/mol. The number of ketones is 1. The monoisotopic (exact) mass is 365 g/mol. The Morgan fingerprint density at radius 2 is 2.11 bits per heavy atom. The highest BCUT2D eigenvalue weighted by Gasteiger charge is 2.54. The normalized spacial score (nSPS) is 20.9. The smallest absolute Gasteiger partial charge is 0.272 e. The number of hydrogen-bond acceptors (Lipinski definition) is 5. The van der Waals surface area contributed by atoms with Crippen molar-refractivity contribution >= 4 is 11.5 Å². The number of benzene rings is 1. The van der Waals surface area contributed by atoms with Gasteiger partial charge >= 0.3 is 0 Å². The van der Waals surface area contributed by atoms with Crippen molar-refractivity contribution in [1.29, 1.82) is 0 Å². The van der Waals surface area contributed by atoms with E-state index >= 15 is 0 Å². The van der Waals surface area contributed by atoms with Gasteiger partial charge in [0.05, 0.1) is 5.69 Å². The molecule has 0 unspecified atom stereocenters. The lowest BCUT2D eigenvalue weighted by atomic mass is 9.67. The van der Waals surface area contributed by atoms with E-state index in [-0.39, 0.29) is 29.3 Å². The van der Waals surface area contributed by atoms with Gasteiger partial charge in [-0.1, -0.05) is 32.1 Å². The van der Waals surface area contributed by atoms with Crippen LogP contribution < -0.4 is 10.9 Å². The summed E-state index contributed by atoms with van der Waals surface area (Å²) in [6.07, 6.45) is 3.25. The van der Waals surface area contributed by atoms with E-state index in [0.717, 1.165) is 12.1 Å². The van der Waals surface area contributed by atoms with Crippen LogP contribution in [0.25, 0.3) is 0 Å². The molecule has 1 atom stereocenters. The molecule has 0 amide bonds. The van der Waals surface area contributed by atoms with Gasteiger partial charge in [0.25, 0.3) is 5.56 Å². The van der Waals surface area contributed by atoms with Crippen LogP contribution in [-0.2, 0) is 19.4 Å². The highest BCUT2D eigenvalue weighted by molar-refractivity contribution is 6.14. The van der Waals surface area contributed by atoms with Crippen molar-refractivity contribution in [3.05, 3.63) is 64.2 Å². The number of hydrogen-bond donors (Lipinski definition) is 2. The van der Waals surface area contributed by atoms with Crippen LogP contribution in [0, 0.1) is 5.41 Å². The number of para-hydroxylation sites is 1. The first kappa shape index (κ1) is 17.5. The fourth-order valence-corrected chi connectivity index (χ4v) is 4.18. The van der Waals surface area contributed by atoms with Crippen molar-refractivity contribution in [2.24, 2.45) is 5.41 Å². The summed E-state index contributed by atoms with van der Waals surface area (Å²) in [5.74, 6) is -0.203. The average Bonchev–Trinajstić information content (AvgIpc) is 3.25. The minimum absolute atomic E-state index is 0.0756. The summed E-state index contributed by atoms with van der Waals surface area (Å²) in [6, 6.07) is 7.33. The minimum atomic E-state index is -1.09. The first-order chi connectivity index (χ1) is 12.8. The van der Waals surface area contributed by atoms with Crippen molar-refractivity contribution in [2.45, 2.75) is 45.2 Å². The van der Waals surface area contributed by atoms with E-state index in [1.807, 2.05) is 32.0 Å². The van der Waals surface area contributed by atoms with E-state index in [4.69, 9.17) is 0 Å². The van der Waals surface area contributed by atoms with Crippen LogP contribution in [0.5, 0.6) is 5.88 Å². The van der Waals surface area contributed by atoms with Gasteiger partial charge in [-0.05, 0) is 25.0 Å².